The van der Waals surface area contributed by atoms with Gasteiger partial charge in [0.25, 0.3) is 0 Å². The summed E-state index contributed by atoms with van der Waals surface area (Å²) < 4.78 is 0. The van der Waals surface area contributed by atoms with Gasteiger partial charge >= 0.3 is 0 Å². The minimum Gasteiger partial charge on any atom is -0.376 e. The van der Waals surface area contributed by atoms with Crippen molar-refractivity contribution in [3.8, 4) is 0 Å². The zero-order chi connectivity index (χ0) is 14.5. The average molecular weight is 268 g/mol. The molecule has 0 atom stereocenters. The Morgan fingerprint density at radius 3 is 1.30 bits per heavy atom. The maximum Gasteiger partial charge on any atom is 0.109 e. The fourth-order valence-electron chi connectivity index (χ4n) is 1.96. The topological polar surface area (TPSA) is 31.2 Å². The predicted octanol–water partition coefficient (Wildman–Crippen LogP) is 4.23. The summed E-state index contributed by atoms with van der Waals surface area (Å²) in [7, 11) is 8.01. The summed E-state index contributed by atoms with van der Waals surface area (Å²) >= 11 is 0. The van der Waals surface area contributed by atoms with Crippen molar-refractivity contribution in [3.05, 3.63) is 48.5 Å². The lowest BCUT2D eigenvalue weighted by molar-refractivity contribution is 1.10. The van der Waals surface area contributed by atoms with Gasteiger partial charge in [-0.05, 0) is 24.3 Å². The monoisotopic (exact) mass is 268 g/mol. The fourth-order valence-corrected chi connectivity index (χ4v) is 1.96. The first-order valence-corrected chi connectivity index (χ1v) is 6.54. The van der Waals surface area contributed by atoms with Crippen LogP contribution in [0, 0.1) is 0 Å². The first kappa shape index (κ1) is 14.1. The van der Waals surface area contributed by atoms with Crippen molar-refractivity contribution in [1.29, 1.82) is 0 Å². The molecule has 0 amide bonds. The molecule has 0 aromatic heterocycles. The third-order valence-electron chi connectivity index (χ3n) is 2.99. The Morgan fingerprint density at radius 2 is 0.950 bits per heavy atom. The van der Waals surface area contributed by atoms with E-state index in [0.717, 1.165) is 22.7 Å². The van der Waals surface area contributed by atoms with Gasteiger partial charge < -0.3 is 9.80 Å². The van der Waals surface area contributed by atoms with Gasteiger partial charge in [-0.15, -0.1) is 10.2 Å². The molecule has 0 fully saturated rings. The van der Waals surface area contributed by atoms with Gasteiger partial charge in [0.15, 0.2) is 0 Å². The molecule has 0 saturated carbocycles. The molecule has 0 aliphatic heterocycles. The van der Waals surface area contributed by atoms with E-state index < -0.39 is 0 Å². The van der Waals surface area contributed by atoms with E-state index in [1.807, 2.05) is 86.5 Å². The second-order valence-electron chi connectivity index (χ2n) is 4.97. The molecule has 0 aliphatic rings. The lowest BCUT2D eigenvalue weighted by Crippen LogP contribution is -2.08. The normalized spacial score (nSPS) is 10.8. The van der Waals surface area contributed by atoms with Crippen molar-refractivity contribution in [3.63, 3.8) is 0 Å². The highest BCUT2D eigenvalue weighted by Crippen LogP contribution is 2.31. The van der Waals surface area contributed by atoms with Crippen molar-refractivity contribution in [2.75, 3.05) is 38.0 Å². The SMILES string of the molecule is CN(C)c1ccccc1N=Nc1ccccc1N(C)C. The lowest BCUT2D eigenvalue weighted by atomic mass is 10.2. The van der Waals surface area contributed by atoms with Gasteiger partial charge in [0, 0.05) is 28.2 Å². The van der Waals surface area contributed by atoms with Crippen molar-refractivity contribution < 1.29 is 0 Å². The Hall–Kier alpha value is -2.36. The van der Waals surface area contributed by atoms with Gasteiger partial charge in [0.05, 0.1) is 11.4 Å². The molecule has 20 heavy (non-hydrogen) atoms. The van der Waals surface area contributed by atoms with Crippen LogP contribution in [0.5, 0.6) is 0 Å². The van der Waals surface area contributed by atoms with Gasteiger partial charge in [0.2, 0.25) is 0 Å². The van der Waals surface area contributed by atoms with E-state index in [-0.39, 0.29) is 0 Å². The molecule has 4 heteroatoms. The third-order valence-corrected chi connectivity index (χ3v) is 2.99. The molecule has 0 saturated heterocycles. The van der Waals surface area contributed by atoms with E-state index in [1.165, 1.54) is 0 Å². The van der Waals surface area contributed by atoms with Gasteiger partial charge in [-0.1, -0.05) is 24.3 Å². The zero-order valence-electron chi connectivity index (χ0n) is 12.4. The van der Waals surface area contributed by atoms with Crippen LogP contribution in [0.4, 0.5) is 22.7 Å². The second-order valence-corrected chi connectivity index (χ2v) is 4.97. The first-order valence-electron chi connectivity index (χ1n) is 6.54. The molecule has 0 unspecified atom stereocenters. The molecule has 2 aromatic carbocycles. The van der Waals surface area contributed by atoms with Crippen LogP contribution in [0.2, 0.25) is 0 Å². The van der Waals surface area contributed by atoms with Crippen molar-refractivity contribution in [2.24, 2.45) is 10.2 Å². The van der Waals surface area contributed by atoms with Gasteiger partial charge in [-0.25, -0.2) is 0 Å². The van der Waals surface area contributed by atoms with Gasteiger partial charge in [0.1, 0.15) is 11.4 Å². The largest absolute Gasteiger partial charge is 0.376 e. The molecule has 0 N–H and O–H groups in total. The quantitative estimate of drug-likeness (QED) is 0.777. The van der Waals surface area contributed by atoms with Crippen LogP contribution in [0.15, 0.2) is 58.8 Å². The summed E-state index contributed by atoms with van der Waals surface area (Å²) in [6.45, 7) is 0. The number of para-hydroxylation sites is 2. The summed E-state index contributed by atoms with van der Waals surface area (Å²) in [6.07, 6.45) is 0. The van der Waals surface area contributed by atoms with E-state index >= 15 is 0 Å². The maximum absolute atomic E-state index is 4.40. The Balaban J connectivity index is 2.35. The smallest absolute Gasteiger partial charge is 0.109 e. The predicted molar refractivity (Wildman–Crippen MR) is 85.7 cm³/mol. The number of benzene rings is 2. The minimum absolute atomic E-state index is 0.867. The molecule has 104 valence electrons. The number of nitrogens with zero attached hydrogens (tertiary/aromatic N) is 4. The number of azo groups is 1. The van der Waals surface area contributed by atoms with E-state index in [0.29, 0.717) is 0 Å². The highest BCUT2D eigenvalue weighted by Gasteiger charge is 2.04. The molecule has 0 spiro atoms. The second kappa shape index (κ2) is 6.19. The van der Waals surface area contributed by atoms with E-state index in [2.05, 4.69) is 10.2 Å². The fraction of sp³-hybridized carbons (Fsp3) is 0.250. The number of rotatable bonds is 4. The van der Waals surface area contributed by atoms with E-state index in [4.69, 9.17) is 0 Å². The summed E-state index contributed by atoms with van der Waals surface area (Å²) in [5.74, 6) is 0. The third kappa shape index (κ3) is 3.15. The van der Waals surface area contributed by atoms with Crippen LogP contribution < -0.4 is 9.80 Å². The molecule has 4 nitrogen and oxygen atoms in total. The van der Waals surface area contributed by atoms with Crippen molar-refractivity contribution in [1.82, 2.24) is 0 Å². The molecular weight excluding hydrogens is 248 g/mol. The van der Waals surface area contributed by atoms with E-state index in [9.17, 15) is 0 Å². The average Bonchev–Trinajstić information content (AvgIpc) is 2.45. The molecule has 2 aromatic rings. The Labute approximate surface area is 120 Å². The summed E-state index contributed by atoms with van der Waals surface area (Å²) in [4.78, 5) is 4.07. The highest BCUT2D eigenvalue weighted by atomic mass is 15.2. The van der Waals surface area contributed by atoms with Gasteiger partial charge in [-0.3, -0.25) is 0 Å². The number of anilines is 2. The highest BCUT2D eigenvalue weighted by molar-refractivity contribution is 5.68. The molecular formula is C16H20N4. The zero-order valence-corrected chi connectivity index (χ0v) is 12.4. The first-order chi connectivity index (χ1) is 9.59. The van der Waals surface area contributed by atoms with Crippen LogP contribution in [0.1, 0.15) is 0 Å². The molecule has 2 rings (SSSR count). The molecule has 0 heterocycles. The molecule has 0 radical (unpaired) electrons. The maximum atomic E-state index is 4.40. The summed E-state index contributed by atoms with van der Waals surface area (Å²) in [5.41, 5.74) is 3.84. The lowest BCUT2D eigenvalue weighted by Gasteiger charge is -2.15. The number of hydrogen-bond donors (Lipinski definition) is 0. The van der Waals surface area contributed by atoms with Gasteiger partial charge in [-0.2, -0.15) is 0 Å². The number of hydrogen-bond acceptors (Lipinski definition) is 4. The van der Waals surface area contributed by atoms with Crippen LogP contribution >= 0.6 is 0 Å². The molecule has 0 bridgehead atoms. The summed E-state index contributed by atoms with van der Waals surface area (Å²) in [6, 6.07) is 16.0. The van der Waals surface area contributed by atoms with Crippen molar-refractivity contribution >= 4 is 22.7 Å². The van der Waals surface area contributed by atoms with Crippen LogP contribution in [-0.2, 0) is 0 Å². The Bertz CT molecular complexity index is 549. The van der Waals surface area contributed by atoms with Crippen LogP contribution in [0.3, 0.4) is 0 Å². The molecule has 0 aliphatic carbocycles. The van der Waals surface area contributed by atoms with Crippen LogP contribution in [0.25, 0.3) is 0 Å². The standard InChI is InChI=1S/C16H20N4/c1-19(2)15-11-7-5-9-13(15)17-18-14-10-6-8-12-16(14)20(3)4/h5-12H,1-4H3. The van der Waals surface area contributed by atoms with Crippen LogP contribution in [-0.4, -0.2) is 28.2 Å². The Kier molecular flexibility index (Phi) is 4.35. The minimum atomic E-state index is 0.867. The van der Waals surface area contributed by atoms with E-state index in [1.54, 1.807) is 0 Å². The van der Waals surface area contributed by atoms with Crippen molar-refractivity contribution in [2.45, 2.75) is 0 Å². The summed E-state index contributed by atoms with van der Waals surface area (Å²) in [5, 5.41) is 8.79. The Morgan fingerprint density at radius 1 is 0.600 bits per heavy atom.